The second kappa shape index (κ2) is 7.59. The Morgan fingerprint density at radius 2 is 1.94 bits per heavy atom. The van der Waals surface area contributed by atoms with E-state index in [0.29, 0.717) is 18.8 Å². The van der Waals surface area contributed by atoms with E-state index in [4.69, 9.17) is 9.47 Å². The zero-order valence-electron chi connectivity index (χ0n) is 10.4. The molecule has 0 aliphatic carbocycles. The Kier molecular flexibility index (Phi) is 7.28. The third kappa shape index (κ3) is 9.89. The van der Waals surface area contributed by atoms with Crippen molar-refractivity contribution >= 4 is 14.3 Å². The molecule has 1 N–H and O–H groups in total. The number of carbonyl (C=O) groups is 1. The van der Waals surface area contributed by atoms with Crippen LogP contribution in [0.4, 0.5) is 0 Å². The van der Waals surface area contributed by atoms with Gasteiger partial charge >= 0.3 is 5.97 Å². The molecule has 0 heterocycles. The first-order valence-electron chi connectivity index (χ1n) is 5.45. The number of hydrogen-bond acceptors (Lipinski definition) is 4. The van der Waals surface area contributed by atoms with E-state index in [1.54, 1.807) is 6.92 Å². The van der Waals surface area contributed by atoms with Crippen LogP contribution in [0.3, 0.4) is 0 Å². The van der Waals surface area contributed by atoms with Gasteiger partial charge in [-0.25, -0.2) is 4.79 Å². The largest absolute Gasteiger partial charge is 0.460 e. The molecule has 0 aromatic rings. The summed E-state index contributed by atoms with van der Waals surface area (Å²) in [4.78, 5) is 20.5. The molecule has 0 saturated carbocycles. The number of rotatable bonds is 8. The number of esters is 1. The lowest BCUT2D eigenvalue weighted by Gasteiger charge is -2.13. The summed E-state index contributed by atoms with van der Waals surface area (Å²) in [5.41, 5.74) is 0.396. The van der Waals surface area contributed by atoms with Gasteiger partial charge in [-0.05, 0) is 32.5 Å². The molecule has 0 aliphatic heterocycles. The lowest BCUT2D eigenvalue weighted by atomic mass is 10.4. The van der Waals surface area contributed by atoms with Gasteiger partial charge < -0.3 is 14.3 Å². The predicted octanol–water partition coefficient (Wildman–Crippen LogP) is 1.71. The summed E-state index contributed by atoms with van der Waals surface area (Å²) in [6.07, 6.45) is 0.851. The van der Waals surface area contributed by atoms with Gasteiger partial charge in [0.25, 0.3) is 0 Å². The zero-order chi connectivity index (χ0) is 12.6. The minimum atomic E-state index is -1.94. The van der Waals surface area contributed by atoms with Crippen LogP contribution in [0.1, 0.15) is 13.3 Å². The van der Waals surface area contributed by atoms with E-state index in [9.17, 15) is 9.59 Å². The number of hydrogen-bond donors (Lipinski definition) is 1. The maximum absolute atomic E-state index is 11.0. The second-order valence-electron chi connectivity index (χ2n) is 4.44. The molecule has 0 spiro atoms. The molecular weight excluding hydrogens is 224 g/mol. The Hall–Kier alpha value is -0.653. The van der Waals surface area contributed by atoms with E-state index in [-0.39, 0.29) is 12.6 Å². The van der Waals surface area contributed by atoms with E-state index in [1.807, 2.05) is 13.1 Å². The second-order valence-corrected chi connectivity index (χ2v) is 8.57. The summed E-state index contributed by atoms with van der Waals surface area (Å²) in [7, 11) is -1.94. The predicted molar refractivity (Wildman–Crippen MR) is 65.7 cm³/mol. The lowest BCUT2D eigenvalue weighted by molar-refractivity contribution is -0.140. The normalized spacial score (nSPS) is 11.2. The molecule has 5 heteroatoms. The van der Waals surface area contributed by atoms with Crippen LogP contribution in [0, 0.1) is 0 Å². The van der Waals surface area contributed by atoms with E-state index in [0.717, 1.165) is 12.5 Å². The fourth-order valence-electron chi connectivity index (χ4n) is 1.03. The van der Waals surface area contributed by atoms with Crippen LogP contribution < -0.4 is 0 Å². The molecule has 0 aromatic heterocycles. The molecule has 0 fully saturated rings. The van der Waals surface area contributed by atoms with Crippen molar-refractivity contribution in [1.82, 2.24) is 0 Å². The van der Waals surface area contributed by atoms with Crippen LogP contribution in [0.2, 0.25) is 19.1 Å². The summed E-state index contributed by atoms with van der Waals surface area (Å²) >= 11 is 0. The summed E-state index contributed by atoms with van der Waals surface area (Å²) < 4.78 is 10.1. The highest BCUT2D eigenvalue weighted by Gasteiger charge is 2.15. The van der Waals surface area contributed by atoms with Gasteiger partial charge in [0.2, 0.25) is 0 Å². The van der Waals surface area contributed by atoms with Crippen LogP contribution in [-0.2, 0) is 14.3 Å². The lowest BCUT2D eigenvalue weighted by Crippen LogP contribution is -2.24. The molecule has 16 heavy (non-hydrogen) atoms. The first kappa shape index (κ1) is 15.3. The van der Waals surface area contributed by atoms with Crippen molar-refractivity contribution < 1.29 is 19.1 Å². The average Bonchev–Trinajstić information content (AvgIpc) is 2.14. The van der Waals surface area contributed by atoms with Crippen LogP contribution >= 0.6 is 0 Å². The first-order chi connectivity index (χ1) is 7.33. The number of carbonyl (C=O) groups excluding carboxylic acids is 1. The van der Waals surface area contributed by atoms with Crippen molar-refractivity contribution in [3.05, 3.63) is 12.2 Å². The van der Waals surface area contributed by atoms with Gasteiger partial charge in [0, 0.05) is 12.2 Å². The van der Waals surface area contributed by atoms with Crippen molar-refractivity contribution in [1.29, 1.82) is 0 Å². The van der Waals surface area contributed by atoms with E-state index < -0.39 is 8.32 Å². The van der Waals surface area contributed by atoms with E-state index >= 15 is 0 Å². The molecular formula is C11H22O4Si. The highest BCUT2D eigenvalue weighted by atomic mass is 28.4. The molecule has 0 radical (unpaired) electrons. The minimum absolute atomic E-state index is 0.256. The third-order valence-electron chi connectivity index (χ3n) is 1.89. The molecule has 0 bridgehead atoms. The Labute approximate surface area is 98.4 Å². The topological polar surface area (TPSA) is 55.8 Å². The Morgan fingerprint density at radius 3 is 2.44 bits per heavy atom. The van der Waals surface area contributed by atoms with Crippen molar-refractivity contribution in [2.45, 2.75) is 32.5 Å². The van der Waals surface area contributed by atoms with Crippen LogP contribution in [0.25, 0.3) is 0 Å². The molecule has 0 saturated heterocycles. The summed E-state index contributed by atoms with van der Waals surface area (Å²) in [5, 5.41) is 0. The van der Waals surface area contributed by atoms with Gasteiger partial charge in [0.05, 0.1) is 6.61 Å². The highest BCUT2D eigenvalue weighted by Crippen LogP contribution is 2.07. The van der Waals surface area contributed by atoms with E-state index in [1.165, 1.54) is 0 Å². The Balaban J connectivity index is 3.29. The maximum Gasteiger partial charge on any atom is 0.333 e. The molecule has 0 amide bonds. The van der Waals surface area contributed by atoms with Gasteiger partial charge in [0.15, 0.2) is 8.32 Å². The molecule has 0 aromatic carbocycles. The van der Waals surface area contributed by atoms with Gasteiger partial charge in [-0.3, -0.25) is 0 Å². The van der Waals surface area contributed by atoms with Gasteiger partial charge in [-0.2, -0.15) is 0 Å². The van der Waals surface area contributed by atoms with Crippen molar-refractivity contribution in [3.63, 3.8) is 0 Å². The van der Waals surface area contributed by atoms with Gasteiger partial charge in [-0.1, -0.05) is 6.58 Å². The minimum Gasteiger partial charge on any atom is -0.460 e. The number of ether oxygens (including phenoxy) is 2. The van der Waals surface area contributed by atoms with E-state index in [2.05, 4.69) is 6.58 Å². The standard InChI is InChI=1S/C11H22O4Si/c1-10(2)11(12)15-8-7-14-6-5-9-16(3,4)13/h13H,1,5-9H2,2-4H3. The van der Waals surface area contributed by atoms with Crippen molar-refractivity contribution in [2.24, 2.45) is 0 Å². The highest BCUT2D eigenvalue weighted by molar-refractivity contribution is 6.69. The van der Waals surface area contributed by atoms with Crippen molar-refractivity contribution in [2.75, 3.05) is 19.8 Å². The smallest absolute Gasteiger partial charge is 0.333 e. The summed E-state index contributed by atoms with van der Waals surface area (Å²) in [6.45, 7) is 10.1. The molecule has 0 aliphatic rings. The van der Waals surface area contributed by atoms with Crippen LogP contribution in [0.5, 0.6) is 0 Å². The molecule has 0 atom stereocenters. The SMILES string of the molecule is C=C(C)C(=O)OCCOCCC[Si](C)(C)O. The summed E-state index contributed by atoms with van der Waals surface area (Å²) in [6, 6.07) is 0.832. The van der Waals surface area contributed by atoms with Crippen LogP contribution in [0.15, 0.2) is 12.2 Å². The fraction of sp³-hybridized carbons (Fsp3) is 0.727. The van der Waals surface area contributed by atoms with Gasteiger partial charge in [0.1, 0.15) is 6.61 Å². The molecule has 0 rings (SSSR count). The Bertz CT molecular complexity index is 233. The molecule has 94 valence electrons. The third-order valence-corrected chi connectivity index (χ3v) is 3.46. The van der Waals surface area contributed by atoms with Crippen molar-refractivity contribution in [3.8, 4) is 0 Å². The fourth-order valence-corrected chi connectivity index (χ4v) is 2.03. The van der Waals surface area contributed by atoms with Crippen LogP contribution in [-0.4, -0.2) is 38.9 Å². The monoisotopic (exact) mass is 246 g/mol. The molecule has 0 unspecified atom stereocenters. The molecule has 4 nitrogen and oxygen atoms in total. The average molecular weight is 246 g/mol. The van der Waals surface area contributed by atoms with Gasteiger partial charge in [-0.15, -0.1) is 0 Å². The first-order valence-corrected chi connectivity index (χ1v) is 8.61. The quantitative estimate of drug-likeness (QED) is 0.306. The Morgan fingerprint density at radius 1 is 1.31 bits per heavy atom. The maximum atomic E-state index is 11.0. The zero-order valence-corrected chi connectivity index (χ0v) is 11.4. The summed E-state index contributed by atoms with van der Waals surface area (Å²) in [5.74, 6) is -0.382.